The van der Waals surface area contributed by atoms with Crippen molar-refractivity contribution in [3.05, 3.63) is 42.2 Å². The number of aromatic nitrogens is 1. The third kappa shape index (κ3) is 6.28. The lowest BCUT2D eigenvalue weighted by atomic mass is 9.84. The molecule has 1 N–H and O–H groups in total. The number of carboxylic acids is 1. The fourth-order valence-electron chi connectivity index (χ4n) is 6.35. The molecule has 4 amide bonds. The molecule has 44 heavy (non-hydrogen) atoms. The second kappa shape index (κ2) is 13.5. The van der Waals surface area contributed by atoms with E-state index in [2.05, 4.69) is 11.9 Å². The van der Waals surface area contributed by atoms with Crippen LogP contribution in [0.15, 0.2) is 36.7 Å². The molecule has 3 aliphatic heterocycles. The van der Waals surface area contributed by atoms with E-state index in [1.165, 1.54) is 14.2 Å². The topological polar surface area (TPSA) is 142 Å². The smallest absolute Gasteiger partial charge is 0.326 e. The number of hydrogen-bond donors (Lipinski definition) is 1. The number of hydrogen-bond acceptors (Lipinski definition) is 9. The van der Waals surface area contributed by atoms with Crippen molar-refractivity contribution in [3.63, 3.8) is 0 Å². The van der Waals surface area contributed by atoms with Gasteiger partial charge >= 0.3 is 12.0 Å². The summed E-state index contributed by atoms with van der Waals surface area (Å²) in [7, 11) is 2.96. The van der Waals surface area contributed by atoms with Crippen molar-refractivity contribution in [1.82, 2.24) is 19.7 Å². The van der Waals surface area contributed by atoms with Gasteiger partial charge in [-0.25, -0.2) is 4.79 Å². The number of fused-ring (bicyclic) bond motifs is 1. The van der Waals surface area contributed by atoms with Crippen molar-refractivity contribution in [1.29, 1.82) is 0 Å². The Bertz CT molecular complexity index is 1390. The van der Waals surface area contributed by atoms with E-state index in [9.17, 15) is 24.3 Å². The average Bonchev–Trinajstić information content (AvgIpc) is 3.64. The lowest BCUT2D eigenvalue weighted by molar-refractivity contribution is -0.143. The molecule has 0 aliphatic carbocycles. The Labute approximate surface area is 256 Å². The number of likely N-dealkylation sites (tertiary alicyclic amines) is 1. The van der Waals surface area contributed by atoms with Crippen molar-refractivity contribution in [2.45, 2.75) is 44.6 Å². The van der Waals surface area contributed by atoms with Crippen molar-refractivity contribution < 1.29 is 38.5 Å². The first-order chi connectivity index (χ1) is 21.2. The zero-order valence-corrected chi connectivity index (χ0v) is 25.3. The number of carbonyl (C=O) groups excluding carboxylic acids is 3. The van der Waals surface area contributed by atoms with Crippen molar-refractivity contribution in [3.8, 4) is 17.2 Å². The molecule has 4 heterocycles. The number of urea groups is 1. The van der Waals surface area contributed by atoms with Crippen LogP contribution in [0.5, 0.6) is 17.2 Å². The van der Waals surface area contributed by atoms with Gasteiger partial charge in [-0.3, -0.25) is 29.2 Å². The number of methoxy groups -OCH3 is 1. The quantitative estimate of drug-likeness (QED) is 0.382. The van der Waals surface area contributed by atoms with E-state index in [0.29, 0.717) is 41.5 Å². The van der Waals surface area contributed by atoms with Gasteiger partial charge < -0.3 is 29.1 Å². The van der Waals surface area contributed by atoms with Crippen LogP contribution in [0.3, 0.4) is 0 Å². The minimum absolute atomic E-state index is 0.0163. The van der Waals surface area contributed by atoms with Gasteiger partial charge in [-0.15, -0.1) is 0 Å². The van der Waals surface area contributed by atoms with Gasteiger partial charge in [0.15, 0.2) is 11.5 Å². The second-order valence-electron chi connectivity index (χ2n) is 11.3. The number of anilines is 1. The SMILES string of the molecule is CCCCN(C(=O)CN1C[C@H](c2cc(OC)c3c(c2)OCO3)[C@@H](C(=O)O)[C@@H]1CCN1CCC(=O)N(C)C1=O)c1cccnc1. The van der Waals surface area contributed by atoms with Crippen LogP contribution in [0.4, 0.5) is 10.5 Å². The fourth-order valence-corrected chi connectivity index (χ4v) is 6.35. The predicted molar refractivity (Wildman–Crippen MR) is 159 cm³/mol. The number of carboxylic acid groups (broad SMARTS) is 1. The summed E-state index contributed by atoms with van der Waals surface area (Å²) < 4.78 is 16.7. The summed E-state index contributed by atoms with van der Waals surface area (Å²) in [5, 5.41) is 10.6. The molecule has 13 nitrogen and oxygen atoms in total. The van der Waals surface area contributed by atoms with Crippen LogP contribution in [-0.2, 0) is 14.4 Å². The van der Waals surface area contributed by atoms with E-state index < -0.39 is 29.9 Å². The van der Waals surface area contributed by atoms with Gasteiger partial charge in [0.2, 0.25) is 24.4 Å². The molecule has 2 saturated heterocycles. The molecule has 0 unspecified atom stereocenters. The number of ether oxygens (including phenoxy) is 3. The largest absolute Gasteiger partial charge is 0.493 e. The number of carbonyl (C=O) groups is 4. The fraction of sp³-hybridized carbons (Fsp3) is 0.516. The summed E-state index contributed by atoms with van der Waals surface area (Å²) in [6.07, 6.45) is 5.50. The molecule has 236 valence electrons. The molecule has 2 fully saturated rings. The Balaban J connectivity index is 1.46. The van der Waals surface area contributed by atoms with Gasteiger partial charge in [0.25, 0.3) is 0 Å². The Morgan fingerprint density at radius 2 is 2.05 bits per heavy atom. The first-order valence-corrected chi connectivity index (χ1v) is 14.9. The number of aliphatic carboxylic acids is 1. The third-order valence-corrected chi connectivity index (χ3v) is 8.70. The molecule has 0 bridgehead atoms. The van der Waals surface area contributed by atoms with E-state index >= 15 is 0 Å². The maximum atomic E-state index is 13.9. The van der Waals surface area contributed by atoms with Crippen molar-refractivity contribution in [2.24, 2.45) is 5.92 Å². The lowest BCUT2D eigenvalue weighted by Crippen LogP contribution is -2.52. The molecule has 0 spiro atoms. The molecular formula is C31H39N5O8. The zero-order valence-electron chi connectivity index (χ0n) is 25.3. The summed E-state index contributed by atoms with van der Waals surface area (Å²) in [5.41, 5.74) is 1.38. The van der Waals surface area contributed by atoms with Gasteiger partial charge in [0, 0.05) is 57.8 Å². The van der Waals surface area contributed by atoms with E-state index in [0.717, 1.165) is 17.7 Å². The van der Waals surface area contributed by atoms with Crippen LogP contribution < -0.4 is 19.1 Å². The van der Waals surface area contributed by atoms with Crippen LogP contribution >= 0.6 is 0 Å². The number of rotatable bonds is 12. The molecule has 0 radical (unpaired) electrons. The van der Waals surface area contributed by atoms with Crippen molar-refractivity contribution in [2.75, 3.05) is 58.6 Å². The minimum Gasteiger partial charge on any atom is -0.493 e. The predicted octanol–water partition coefficient (Wildman–Crippen LogP) is 2.80. The lowest BCUT2D eigenvalue weighted by Gasteiger charge is -2.34. The highest BCUT2D eigenvalue weighted by Crippen LogP contribution is 2.47. The summed E-state index contributed by atoms with van der Waals surface area (Å²) in [6, 6.07) is 6.19. The number of benzene rings is 1. The highest BCUT2D eigenvalue weighted by atomic mass is 16.7. The first kappa shape index (κ1) is 31.0. The Hall–Kier alpha value is -4.39. The molecule has 1 aromatic carbocycles. The number of imide groups is 1. The molecule has 0 saturated carbocycles. The standard InChI is InChI=1S/C31H39N5O8/c1-4-5-11-36(21-7-6-10-32-16-21)27(38)18-35-17-22(20-14-24(42-3)29-25(15-20)43-19-44-29)28(30(39)40)23(35)8-12-34-13-9-26(37)33(2)31(34)41/h6-7,10,14-16,22-23,28H,4-5,8-9,11-13,17-19H2,1-3H3,(H,39,40)/t22-,23+,28-/m1/s1. The maximum absolute atomic E-state index is 13.9. The van der Waals surface area contributed by atoms with Gasteiger partial charge in [-0.2, -0.15) is 0 Å². The van der Waals surface area contributed by atoms with Gasteiger partial charge in [-0.05, 0) is 42.7 Å². The first-order valence-electron chi connectivity index (χ1n) is 14.9. The van der Waals surface area contributed by atoms with E-state index in [1.807, 2.05) is 11.0 Å². The number of pyridine rings is 1. The van der Waals surface area contributed by atoms with Gasteiger partial charge in [0.05, 0.1) is 31.5 Å². The van der Waals surface area contributed by atoms with E-state index in [-0.39, 0.29) is 51.2 Å². The molecule has 2 aromatic rings. The number of nitrogens with zero attached hydrogens (tertiary/aromatic N) is 5. The van der Waals surface area contributed by atoms with Crippen LogP contribution in [-0.4, -0.2) is 108 Å². The number of amides is 4. The maximum Gasteiger partial charge on any atom is 0.326 e. The summed E-state index contributed by atoms with van der Waals surface area (Å²) in [4.78, 5) is 62.2. The summed E-state index contributed by atoms with van der Waals surface area (Å²) in [5.74, 6) is -1.42. The minimum atomic E-state index is -1.00. The Kier molecular flexibility index (Phi) is 9.52. The summed E-state index contributed by atoms with van der Waals surface area (Å²) in [6.45, 7) is 3.38. The van der Waals surface area contributed by atoms with E-state index in [4.69, 9.17) is 14.2 Å². The third-order valence-electron chi connectivity index (χ3n) is 8.70. The van der Waals surface area contributed by atoms with Crippen LogP contribution in [0.1, 0.15) is 44.1 Å². The molecule has 13 heteroatoms. The molecule has 5 rings (SSSR count). The molecule has 3 atom stereocenters. The monoisotopic (exact) mass is 609 g/mol. The van der Waals surface area contributed by atoms with Gasteiger partial charge in [0.1, 0.15) is 0 Å². The van der Waals surface area contributed by atoms with Crippen LogP contribution in [0.25, 0.3) is 0 Å². The van der Waals surface area contributed by atoms with Crippen LogP contribution in [0, 0.1) is 5.92 Å². The molecule has 3 aliphatic rings. The normalized spacial score (nSPS) is 21.6. The Morgan fingerprint density at radius 3 is 2.75 bits per heavy atom. The average molecular weight is 610 g/mol. The molecular weight excluding hydrogens is 570 g/mol. The van der Waals surface area contributed by atoms with Crippen molar-refractivity contribution >= 4 is 29.5 Å². The Morgan fingerprint density at radius 1 is 1.23 bits per heavy atom. The van der Waals surface area contributed by atoms with Gasteiger partial charge in [-0.1, -0.05) is 13.3 Å². The number of unbranched alkanes of at least 4 members (excludes halogenated alkanes) is 1. The molecule has 1 aromatic heterocycles. The zero-order chi connectivity index (χ0) is 31.4. The van der Waals surface area contributed by atoms with E-state index in [1.54, 1.807) is 40.4 Å². The van der Waals surface area contributed by atoms with Crippen LogP contribution in [0.2, 0.25) is 0 Å². The second-order valence-corrected chi connectivity index (χ2v) is 11.3. The highest BCUT2D eigenvalue weighted by Gasteiger charge is 2.48. The highest BCUT2D eigenvalue weighted by molar-refractivity contribution is 5.96. The summed E-state index contributed by atoms with van der Waals surface area (Å²) >= 11 is 0.